The Kier molecular flexibility index (Phi) is 5.04. The second kappa shape index (κ2) is 7.38. The Labute approximate surface area is 146 Å². The van der Waals surface area contributed by atoms with Crippen molar-refractivity contribution in [2.45, 2.75) is 6.42 Å². The van der Waals surface area contributed by atoms with Crippen LogP contribution in [-0.4, -0.2) is 21.5 Å². The summed E-state index contributed by atoms with van der Waals surface area (Å²) in [4.78, 5) is 13.9. The highest BCUT2D eigenvalue weighted by Gasteiger charge is 2.08. The summed E-state index contributed by atoms with van der Waals surface area (Å²) in [5.74, 6) is 1.83. The summed E-state index contributed by atoms with van der Waals surface area (Å²) < 4.78 is 0.912. The first kappa shape index (κ1) is 15.7. The van der Waals surface area contributed by atoms with Gasteiger partial charge in [-0.25, -0.2) is 15.0 Å². The predicted molar refractivity (Wildman–Crippen MR) is 98.2 cm³/mol. The molecule has 0 aromatic carbocycles. The van der Waals surface area contributed by atoms with Gasteiger partial charge < -0.3 is 16.4 Å². The molecule has 0 unspecified atom stereocenters. The van der Waals surface area contributed by atoms with E-state index in [0.29, 0.717) is 23.1 Å². The van der Waals surface area contributed by atoms with Crippen LogP contribution in [0.5, 0.6) is 0 Å². The number of hydrogen-bond acceptors (Lipinski definition) is 7. The molecule has 0 amide bonds. The van der Waals surface area contributed by atoms with Crippen LogP contribution in [0.15, 0.2) is 46.6 Å². The molecule has 0 saturated carbocycles. The molecule has 0 aliphatic carbocycles. The second-order valence-corrected chi connectivity index (χ2v) is 6.68. The number of pyridine rings is 1. The maximum Gasteiger partial charge on any atom is 0.160 e. The number of nitrogens with zero attached hydrogens (tertiary/aromatic N) is 3. The monoisotopic (exact) mass is 390 g/mol. The molecule has 0 aliphatic heterocycles. The average molecular weight is 391 g/mol. The van der Waals surface area contributed by atoms with Crippen LogP contribution >= 0.6 is 27.3 Å². The molecule has 3 aromatic heterocycles. The molecule has 0 bridgehead atoms. The van der Waals surface area contributed by atoms with Crippen molar-refractivity contribution in [3.63, 3.8) is 0 Å². The van der Waals surface area contributed by atoms with Gasteiger partial charge in [0, 0.05) is 22.1 Å². The highest BCUT2D eigenvalue weighted by atomic mass is 79.9. The molecule has 4 N–H and O–H groups in total. The van der Waals surface area contributed by atoms with Gasteiger partial charge in [-0.2, -0.15) is 0 Å². The van der Waals surface area contributed by atoms with E-state index in [4.69, 9.17) is 5.73 Å². The lowest BCUT2D eigenvalue weighted by atomic mass is 10.3. The molecule has 0 radical (unpaired) electrons. The first-order chi connectivity index (χ1) is 11.2. The minimum absolute atomic E-state index is 0.475. The van der Waals surface area contributed by atoms with Crippen LogP contribution in [0.25, 0.3) is 0 Å². The fourth-order valence-electron chi connectivity index (χ4n) is 1.97. The Morgan fingerprint density at radius 1 is 1.13 bits per heavy atom. The Balaban J connectivity index is 1.66. The van der Waals surface area contributed by atoms with Crippen molar-refractivity contribution in [2.75, 3.05) is 22.9 Å². The van der Waals surface area contributed by atoms with E-state index in [1.807, 2.05) is 18.2 Å². The van der Waals surface area contributed by atoms with Gasteiger partial charge in [0.25, 0.3) is 0 Å². The quantitative estimate of drug-likeness (QED) is 0.594. The summed E-state index contributed by atoms with van der Waals surface area (Å²) in [5, 5.41) is 8.42. The van der Waals surface area contributed by atoms with Gasteiger partial charge >= 0.3 is 0 Å². The predicted octanol–water partition coefficient (Wildman–Crippen LogP) is 3.68. The van der Waals surface area contributed by atoms with Crippen molar-refractivity contribution in [3.8, 4) is 0 Å². The van der Waals surface area contributed by atoms with Crippen molar-refractivity contribution < 1.29 is 0 Å². The van der Waals surface area contributed by atoms with E-state index in [2.05, 4.69) is 53.0 Å². The molecule has 8 heteroatoms. The van der Waals surface area contributed by atoms with Crippen LogP contribution in [0.4, 0.5) is 23.1 Å². The third-order valence-corrected chi connectivity index (χ3v) is 4.51. The number of anilines is 4. The highest BCUT2D eigenvalue weighted by Crippen LogP contribution is 2.25. The molecule has 0 aliphatic rings. The highest BCUT2D eigenvalue weighted by molar-refractivity contribution is 9.10. The zero-order chi connectivity index (χ0) is 16.1. The molecule has 0 spiro atoms. The normalized spacial score (nSPS) is 10.5. The Morgan fingerprint density at radius 2 is 2.00 bits per heavy atom. The van der Waals surface area contributed by atoms with Gasteiger partial charge in [-0.1, -0.05) is 6.07 Å². The fourth-order valence-corrected chi connectivity index (χ4v) is 2.91. The summed E-state index contributed by atoms with van der Waals surface area (Å²) in [7, 11) is 0. The lowest BCUT2D eigenvalue weighted by Crippen LogP contribution is -2.10. The van der Waals surface area contributed by atoms with E-state index in [-0.39, 0.29) is 0 Å². The molecule has 3 aromatic rings. The van der Waals surface area contributed by atoms with Gasteiger partial charge in [0.2, 0.25) is 0 Å². The largest absolute Gasteiger partial charge is 0.393 e. The van der Waals surface area contributed by atoms with Crippen LogP contribution in [0, 0.1) is 0 Å². The van der Waals surface area contributed by atoms with E-state index >= 15 is 0 Å². The van der Waals surface area contributed by atoms with Crippen molar-refractivity contribution >= 4 is 50.4 Å². The summed E-state index contributed by atoms with van der Waals surface area (Å²) in [6.45, 7) is 0.762. The summed E-state index contributed by atoms with van der Waals surface area (Å²) in [6.07, 6.45) is 4.11. The van der Waals surface area contributed by atoms with E-state index in [9.17, 15) is 0 Å². The van der Waals surface area contributed by atoms with Crippen molar-refractivity contribution in [1.82, 2.24) is 15.0 Å². The number of aromatic nitrogens is 3. The van der Waals surface area contributed by atoms with E-state index in [1.165, 1.54) is 11.2 Å². The zero-order valence-corrected chi connectivity index (χ0v) is 14.6. The number of nitrogens with two attached hydrogens (primary N) is 1. The molecular weight excluding hydrogens is 376 g/mol. The number of thiophene rings is 1. The fraction of sp³-hybridized carbons (Fsp3) is 0.133. The minimum atomic E-state index is 0.475. The maximum absolute atomic E-state index is 6.14. The Morgan fingerprint density at radius 3 is 2.74 bits per heavy atom. The topological polar surface area (TPSA) is 88.8 Å². The third kappa shape index (κ3) is 4.17. The maximum atomic E-state index is 6.14. The first-order valence-electron chi connectivity index (χ1n) is 6.97. The van der Waals surface area contributed by atoms with E-state index in [1.54, 1.807) is 17.5 Å². The Bertz CT molecular complexity index is 760. The van der Waals surface area contributed by atoms with Gasteiger partial charge in [-0.3, -0.25) is 0 Å². The third-order valence-electron chi connectivity index (χ3n) is 3.10. The molecule has 3 rings (SSSR count). The van der Waals surface area contributed by atoms with Crippen LogP contribution < -0.4 is 16.4 Å². The second-order valence-electron chi connectivity index (χ2n) is 4.73. The van der Waals surface area contributed by atoms with Gasteiger partial charge in [-0.15, -0.1) is 11.3 Å². The van der Waals surface area contributed by atoms with Crippen LogP contribution in [0.1, 0.15) is 4.88 Å². The molecular formula is C15H15BrN6S. The van der Waals surface area contributed by atoms with Crippen LogP contribution in [0.3, 0.4) is 0 Å². The summed E-state index contributed by atoms with van der Waals surface area (Å²) in [6, 6.07) is 7.90. The lowest BCUT2D eigenvalue weighted by molar-refractivity contribution is 1.02. The number of nitrogens with one attached hydrogen (secondary N) is 2. The molecule has 0 atom stereocenters. The number of nitrogen functional groups attached to an aromatic ring is 1. The van der Waals surface area contributed by atoms with Crippen LogP contribution in [0.2, 0.25) is 0 Å². The van der Waals surface area contributed by atoms with Crippen LogP contribution in [-0.2, 0) is 6.42 Å². The van der Waals surface area contributed by atoms with Gasteiger partial charge in [-0.05, 0) is 45.9 Å². The molecule has 0 fully saturated rings. The molecule has 6 nitrogen and oxygen atoms in total. The number of hydrogen-bond donors (Lipinski definition) is 3. The molecule has 0 saturated heterocycles. The minimum Gasteiger partial charge on any atom is -0.393 e. The number of halogens is 1. The van der Waals surface area contributed by atoms with Crippen molar-refractivity contribution in [3.05, 3.63) is 51.5 Å². The molecule has 3 heterocycles. The lowest BCUT2D eigenvalue weighted by Gasteiger charge is -2.12. The standard InChI is InChI=1S/C15H15BrN6S/c16-10-3-4-12(19-8-10)22-15-13(17)14(20-9-21-15)18-6-5-11-2-1-7-23-11/h1-4,7-9H,5-6,17H2,(H2,18,19,20,21,22). The average Bonchev–Trinajstić information content (AvgIpc) is 3.06. The van der Waals surface area contributed by atoms with E-state index in [0.717, 1.165) is 17.4 Å². The Hall–Kier alpha value is -2.19. The van der Waals surface area contributed by atoms with Crippen molar-refractivity contribution in [2.24, 2.45) is 0 Å². The van der Waals surface area contributed by atoms with Gasteiger partial charge in [0.15, 0.2) is 11.6 Å². The smallest absolute Gasteiger partial charge is 0.160 e. The SMILES string of the molecule is Nc1c(NCCc2cccs2)ncnc1Nc1ccc(Br)cn1. The molecule has 23 heavy (non-hydrogen) atoms. The molecule has 118 valence electrons. The summed E-state index contributed by atoms with van der Waals surface area (Å²) in [5.41, 5.74) is 6.61. The van der Waals surface area contributed by atoms with Gasteiger partial charge in [0.05, 0.1) is 0 Å². The summed E-state index contributed by atoms with van der Waals surface area (Å²) >= 11 is 5.09. The van der Waals surface area contributed by atoms with E-state index < -0.39 is 0 Å². The zero-order valence-electron chi connectivity index (χ0n) is 12.2. The van der Waals surface area contributed by atoms with Crippen molar-refractivity contribution in [1.29, 1.82) is 0 Å². The first-order valence-corrected chi connectivity index (χ1v) is 8.65. The van der Waals surface area contributed by atoms with Gasteiger partial charge in [0.1, 0.15) is 17.8 Å². The number of rotatable bonds is 6.